The molecule has 2 aromatic rings. The molecule has 9 heteroatoms. The number of hydrogen-bond donors (Lipinski definition) is 1. The lowest BCUT2D eigenvalue weighted by molar-refractivity contribution is -0.136. The topological polar surface area (TPSA) is 85.6 Å². The molecule has 0 saturated heterocycles. The Hall–Kier alpha value is -1.58. The summed E-state index contributed by atoms with van der Waals surface area (Å²) in [6.45, 7) is 1.50. The SMILES string of the molecule is CC(SC(=S)On1ccc2ccc(S(C)(=O)=O)cc21)C(=O)O. The van der Waals surface area contributed by atoms with Gasteiger partial charge in [0.2, 0.25) is 0 Å². The number of aliphatic carboxylic acids is 1. The maximum Gasteiger partial charge on any atom is 0.316 e. The van der Waals surface area contributed by atoms with Gasteiger partial charge in [0.15, 0.2) is 9.84 Å². The van der Waals surface area contributed by atoms with E-state index in [-0.39, 0.29) is 9.28 Å². The van der Waals surface area contributed by atoms with E-state index in [9.17, 15) is 13.2 Å². The summed E-state index contributed by atoms with van der Waals surface area (Å²) in [5.74, 6) is -0.993. The normalized spacial score (nSPS) is 13.0. The van der Waals surface area contributed by atoms with Gasteiger partial charge < -0.3 is 9.94 Å². The van der Waals surface area contributed by atoms with Crippen molar-refractivity contribution in [3.05, 3.63) is 30.5 Å². The lowest BCUT2D eigenvalue weighted by atomic mass is 10.2. The van der Waals surface area contributed by atoms with Crippen molar-refractivity contribution in [2.24, 2.45) is 0 Å². The fourth-order valence-corrected chi connectivity index (χ4v) is 3.36. The van der Waals surface area contributed by atoms with Crippen LogP contribution in [0.1, 0.15) is 6.92 Å². The molecule has 0 spiro atoms. The van der Waals surface area contributed by atoms with Gasteiger partial charge in [-0.05, 0) is 37.3 Å². The molecule has 0 aliphatic heterocycles. The van der Waals surface area contributed by atoms with Gasteiger partial charge in [-0.1, -0.05) is 17.8 Å². The summed E-state index contributed by atoms with van der Waals surface area (Å²) in [5.41, 5.74) is 0.536. The van der Waals surface area contributed by atoms with Crippen LogP contribution in [0.2, 0.25) is 0 Å². The average Bonchev–Trinajstić information content (AvgIpc) is 2.80. The summed E-state index contributed by atoms with van der Waals surface area (Å²) in [4.78, 5) is 16.4. The number of benzene rings is 1. The van der Waals surface area contributed by atoms with Crippen LogP contribution in [-0.4, -0.2) is 40.1 Å². The minimum Gasteiger partial charge on any atom is -0.480 e. The Morgan fingerprint density at radius 2 is 2.09 bits per heavy atom. The van der Waals surface area contributed by atoms with Crippen LogP contribution < -0.4 is 4.84 Å². The van der Waals surface area contributed by atoms with E-state index in [1.165, 1.54) is 23.8 Å². The zero-order chi connectivity index (χ0) is 16.5. The number of fused-ring (bicyclic) bond motifs is 1. The second kappa shape index (κ2) is 6.27. The molecule has 6 nitrogen and oxygen atoms in total. The second-order valence-electron chi connectivity index (χ2n) is 4.57. The summed E-state index contributed by atoms with van der Waals surface area (Å²) >= 11 is 5.90. The van der Waals surface area contributed by atoms with E-state index < -0.39 is 21.1 Å². The molecule has 22 heavy (non-hydrogen) atoms. The van der Waals surface area contributed by atoms with Gasteiger partial charge in [0.05, 0.1) is 10.4 Å². The van der Waals surface area contributed by atoms with Crippen LogP contribution in [0.15, 0.2) is 35.4 Å². The molecule has 0 aliphatic rings. The number of rotatable bonds is 4. The van der Waals surface area contributed by atoms with Crippen LogP contribution in [0, 0.1) is 0 Å². The molecule has 0 bridgehead atoms. The largest absolute Gasteiger partial charge is 0.480 e. The van der Waals surface area contributed by atoms with Crippen LogP contribution in [0.5, 0.6) is 0 Å². The van der Waals surface area contributed by atoms with E-state index in [0.29, 0.717) is 5.52 Å². The Labute approximate surface area is 136 Å². The van der Waals surface area contributed by atoms with Crippen molar-refractivity contribution in [3.8, 4) is 0 Å². The summed E-state index contributed by atoms with van der Waals surface area (Å²) in [7, 11) is -3.33. The Balaban J connectivity index is 2.28. The summed E-state index contributed by atoms with van der Waals surface area (Å²) in [5, 5.41) is 8.89. The first kappa shape index (κ1) is 16.8. The van der Waals surface area contributed by atoms with Gasteiger partial charge in [0.25, 0.3) is 4.38 Å². The summed E-state index contributed by atoms with van der Waals surface area (Å²) < 4.78 is 24.6. The molecule has 1 aromatic heterocycles. The van der Waals surface area contributed by atoms with Crippen LogP contribution >= 0.6 is 24.0 Å². The third-order valence-corrected chi connectivity index (χ3v) is 5.15. The minimum absolute atomic E-state index is 0.0390. The van der Waals surface area contributed by atoms with E-state index in [1.54, 1.807) is 18.3 Å². The highest BCUT2D eigenvalue weighted by Crippen LogP contribution is 2.21. The van der Waals surface area contributed by atoms with E-state index in [1.807, 2.05) is 0 Å². The third-order valence-electron chi connectivity index (χ3n) is 2.85. The fourth-order valence-electron chi connectivity index (χ4n) is 1.69. The van der Waals surface area contributed by atoms with Gasteiger partial charge in [-0.25, -0.2) is 8.42 Å². The fraction of sp³-hybridized carbons (Fsp3) is 0.231. The molecule has 0 saturated carbocycles. The molecular formula is C13H13NO5S3. The standard InChI is InChI=1S/C13H13NO5S3/c1-8(12(15)16)21-13(20)19-14-6-5-9-3-4-10(7-11(9)14)22(2,17)18/h3-8H,1-2H3,(H,15,16). The molecule has 1 N–H and O–H groups in total. The molecule has 1 heterocycles. The highest BCUT2D eigenvalue weighted by Gasteiger charge is 2.17. The highest BCUT2D eigenvalue weighted by atomic mass is 32.2. The van der Waals surface area contributed by atoms with Crippen molar-refractivity contribution >= 4 is 55.1 Å². The first-order valence-corrected chi connectivity index (χ1v) is 9.29. The molecule has 1 unspecified atom stereocenters. The van der Waals surface area contributed by atoms with E-state index in [4.69, 9.17) is 22.2 Å². The number of carbonyl (C=O) groups is 1. The van der Waals surface area contributed by atoms with Crippen molar-refractivity contribution in [3.63, 3.8) is 0 Å². The number of thiocarbonyl (C=S) groups is 1. The Kier molecular flexibility index (Phi) is 4.78. The molecule has 0 amide bonds. The van der Waals surface area contributed by atoms with Crippen molar-refractivity contribution < 1.29 is 23.2 Å². The summed E-state index contributed by atoms with van der Waals surface area (Å²) in [6.07, 6.45) is 2.71. The lowest BCUT2D eigenvalue weighted by Gasteiger charge is -2.10. The van der Waals surface area contributed by atoms with Crippen LogP contribution in [0.4, 0.5) is 0 Å². The molecular weight excluding hydrogens is 346 g/mol. The first-order chi connectivity index (χ1) is 10.2. The van der Waals surface area contributed by atoms with Crippen molar-refractivity contribution in [1.82, 2.24) is 4.73 Å². The number of hydrogen-bond acceptors (Lipinski definition) is 6. The lowest BCUT2D eigenvalue weighted by Crippen LogP contribution is -2.20. The van der Waals surface area contributed by atoms with Crippen molar-refractivity contribution in [2.75, 3.05) is 6.26 Å². The summed E-state index contributed by atoms with van der Waals surface area (Å²) in [6, 6.07) is 6.41. The highest BCUT2D eigenvalue weighted by molar-refractivity contribution is 8.23. The quantitative estimate of drug-likeness (QED) is 0.835. The zero-order valence-electron chi connectivity index (χ0n) is 11.7. The van der Waals surface area contributed by atoms with Crippen LogP contribution in [0.3, 0.4) is 0 Å². The Bertz CT molecular complexity index is 840. The van der Waals surface area contributed by atoms with Crippen LogP contribution in [-0.2, 0) is 14.6 Å². The average molecular weight is 359 g/mol. The number of carboxylic acid groups (broad SMARTS) is 1. The molecule has 2 rings (SSSR count). The van der Waals surface area contributed by atoms with Gasteiger partial charge in [-0.3, -0.25) is 4.79 Å². The molecule has 0 aliphatic carbocycles. The van der Waals surface area contributed by atoms with Gasteiger partial charge in [-0.2, -0.15) is 4.73 Å². The minimum atomic E-state index is -3.33. The van der Waals surface area contributed by atoms with Gasteiger partial charge in [-0.15, -0.1) is 0 Å². The molecule has 0 fully saturated rings. The van der Waals surface area contributed by atoms with Crippen molar-refractivity contribution in [1.29, 1.82) is 0 Å². The monoisotopic (exact) mass is 359 g/mol. The Morgan fingerprint density at radius 1 is 1.41 bits per heavy atom. The van der Waals surface area contributed by atoms with E-state index in [2.05, 4.69) is 0 Å². The predicted molar refractivity (Wildman–Crippen MR) is 88.9 cm³/mol. The molecule has 118 valence electrons. The second-order valence-corrected chi connectivity index (χ2v) is 8.53. The molecule has 1 aromatic carbocycles. The van der Waals surface area contributed by atoms with Gasteiger partial charge in [0, 0.05) is 17.8 Å². The number of aromatic nitrogens is 1. The molecule has 1 atom stereocenters. The van der Waals surface area contributed by atoms with E-state index >= 15 is 0 Å². The van der Waals surface area contributed by atoms with Gasteiger partial charge in [0.1, 0.15) is 5.25 Å². The maximum atomic E-state index is 11.6. The van der Waals surface area contributed by atoms with Crippen LogP contribution in [0.25, 0.3) is 10.9 Å². The number of sulfone groups is 1. The van der Waals surface area contributed by atoms with Gasteiger partial charge >= 0.3 is 5.97 Å². The first-order valence-electron chi connectivity index (χ1n) is 6.11. The predicted octanol–water partition coefficient (Wildman–Crippen LogP) is 1.96. The maximum absolute atomic E-state index is 11.6. The number of thioether (sulfide) groups is 1. The number of nitrogens with zero attached hydrogens (tertiary/aromatic N) is 1. The number of carboxylic acids is 1. The zero-order valence-corrected chi connectivity index (χ0v) is 14.2. The van der Waals surface area contributed by atoms with Crippen molar-refractivity contribution in [2.45, 2.75) is 17.1 Å². The Morgan fingerprint density at radius 3 is 2.68 bits per heavy atom. The van der Waals surface area contributed by atoms with E-state index in [0.717, 1.165) is 23.4 Å². The molecule has 0 radical (unpaired) electrons. The third kappa shape index (κ3) is 3.79. The smallest absolute Gasteiger partial charge is 0.316 e.